The minimum atomic E-state index is -0.528. The number of nitrogens with one attached hydrogen (secondary N) is 2. The molecule has 5 nitrogen and oxygen atoms in total. The van der Waals surface area contributed by atoms with E-state index < -0.39 is 11.9 Å². The number of allylic oxidation sites excluding steroid dienone is 1. The molecule has 3 amide bonds. The van der Waals surface area contributed by atoms with Gasteiger partial charge in [-0.15, -0.1) is 0 Å². The molecule has 0 aliphatic heterocycles. The van der Waals surface area contributed by atoms with Crippen LogP contribution in [0.25, 0.3) is 0 Å². The van der Waals surface area contributed by atoms with Gasteiger partial charge in [-0.25, -0.2) is 4.79 Å². The second kappa shape index (κ2) is 6.78. The molecule has 0 radical (unpaired) electrons. The van der Waals surface area contributed by atoms with Crippen molar-refractivity contribution in [1.82, 2.24) is 10.6 Å². The van der Waals surface area contributed by atoms with Crippen LogP contribution in [0.15, 0.2) is 34.5 Å². The zero-order chi connectivity index (χ0) is 13.5. The second-order valence-electron chi connectivity index (χ2n) is 4.55. The van der Waals surface area contributed by atoms with Gasteiger partial charge in [0.1, 0.15) is 0 Å². The third-order valence-corrected chi connectivity index (χ3v) is 3.09. The third-order valence-electron chi connectivity index (χ3n) is 3.09. The lowest BCUT2D eigenvalue weighted by molar-refractivity contribution is 0.0937. The zero-order valence-electron chi connectivity index (χ0n) is 10.8. The predicted octanol–water partition coefficient (Wildman–Crippen LogP) is 2.61. The lowest BCUT2D eigenvalue weighted by Crippen LogP contribution is -2.39. The highest BCUT2D eigenvalue weighted by Gasteiger charge is 2.12. The average molecular weight is 262 g/mol. The van der Waals surface area contributed by atoms with E-state index in [1.807, 2.05) is 0 Å². The smallest absolute Gasteiger partial charge is 0.321 e. The van der Waals surface area contributed by atoms with Crippen LogP contribution in [-0.2, 0) is 0 Å². The Bertz CT molecular complexity index is 463. The van der Waals surface area contributed by atoms with Crippen molar-refractivity contribution < 1.29 is 14.0 Å². The molecule has 1 heterocycles. The van der Waals surface area contributed by atoms with Crippen LogP contribution in [0.1, 0.15) is 42.7 Å². The van der Waals surface area contributed by atoms with E-state index in [0.717, 1.165) is 19.3 Å². The number of carbonyl (C=O) groups is 2. The highest BCUT2D eigenvalue weighted by molar-refractivity contribution is 6.02. The van der Waals surface area contributed by atoms with Gasteiger partial charge in [-0.05, 0) is 44.2 Å². The van der Waals surface area contributed by atoms with Gasteiger partial charge in [-0.3, -0.25) is 10.1 Å². The molecular weight excluding hydrogens is 244 g/mol. The van der Waals surface area contributed by atoms with Crippen molar-refractivity contribution in [2.75, 3.05) is 6.54 Å². The number of imide groups is 1. The Morgan fingerprint density at radius 1 is 1.32 bits per heavy atom. The Morgan fingerprint density at radius 3 is 2.89 bits per heavy atom. The summed E-state index contributed by atoms with van der Waals surface area (Å²) in [5.74, 6) is -0.399. The monoisotopic (exact) mass is 262 g/mol. The summed E-state index contributed by atoms with van der Waals surface area (Å²) in [4.78, 5) is 23.0. The summed E-state index contributed by atoms with van der Waals surface area (Å²) < 4.78 is 4.89. The normalized spacial score (nSPS) is 14.6. The number of rotatable bonds is 4. The Morgan fingerprint density at radius 2 is 2.21 bits per heavy atom. The van der Waals surface area contributed by atoms with E-state index in [1.54, 1.807) is 6.07 Å². The molecule has 0 saturated heterocycles. The van der Waals surface area contributed by atoms with E-state index in [4.69, 9.17) is 4.42 Å². The molecule has 0 fully saturated rings. The number of urea groups is 1. The van der Waals surface area contributed by atoms with Gasteiger partial charge in [-0.2, -0.15) is 0 Å². The summed E-state index contributed by atoms with van der Waals surface area (Å²) >= 11 is 0. The number of amides is 3. The zero-order valence-corrected chi connectivity index (χ0v) is 10.8. The topological polar surface area (TPSA) is 71.3 Å². The van der Waals surface area contributed by atoms with Crippen molar-refractivity contribution >= 4 is 11.9 Å². The van der Waals surface area contributed by atoms with E-state index in [2.05, 4.69) is 16.7 Å². The first kappa shape index (κ1) is 13.4. The van der Waals surface area contributed by atoms with Crippen molar-refractivity contribution in [1.29, 1.82) is 0 Å². The molecule has 0 atom stereocenters. The summed E-state index contributed by atoms with van der Waals surface area (Å²) in [5.41, 5.74) is 1.39. The lowest BCUT2D eigenvalue weighted by atomic mass is 9.97. The fourth-order valence-electron chi connectivity index (χ4n) is 2.08. The summed E-state index contributed by atoms with van der Waals surface area (Å²) in [7, 11) is 0. The maximum atomic E-state index is 11.5. The maximum Gasteiger partial charge on any atom is 0.321 e. The van der Waals surface area contributed by atoms with Gasteiger partial charge in [0, 0.05) is 6.54 Å². The summed E-state index contributed by atoms with van der Waals surface area (Å²) in [6, 6.07) is 2.62. The van der Waals surface area contributed by atoms with Crippen LogP contribution in [0.2, 0.25) is 0 Å². The van der Waals surface area contributed by atoms with E-state index in [-0.39, 0.29) is 5.76 Å². The molecule has 1 aromatic heterocycles. The van der Waals surface area contributed by atoms with Crippen LogP contribution in [-0.4, -0.2) is 18.5 Å². The number of carbonyl (C=O) groups excluding carboxylic acids is 2. The highest BCUT2D eigenvalue weighted by atomic mass is 16.3. The van der Waals surface area contributed by atoms with E-state index in [1.165, 1.54) is 30.7 Å². The lowest BCUT2D eigenvalue weighted by Gasteiger charge is -2.12. The molecule has 0 bridgehead atoms. The minimum absolute atomic E-state index is 0.130. The van der Waals surface area contributed by atoms with Crippen LogP contribution in [0, 0.1) is 0 Å². The predicted molar refractivity (Wildman–Crippen MR) is 70.7 cm³/mol. The first-order valence-electron chi connectivity index (χ1n) is 6.56. The first-order valence-corrected chi connectivity index (χ1v) is 6.56. The van der Waals surface area contributed by atoms with Gasteiger partial charge in [0.25, 0.3) is 5.91 Å². The largest absolute Gasteiger partial charge is 0.459 e. The van der Waals surface area contributed by atoms with Gasteiger partial charge in [-0.1, -0.05) is 11.6 Å². The van der Waals surface area contributed by atoms with Crippen LogP contribution < -0.4 is 10.6 Å². The van der Waals surface area contributed by atoms with Crippen molar-refractivity contribution in [3.8, 4) is 0 Å². The first-order chi connectivity index (χ1) is 9.25. The van der Waals surface area contributed by atoms with Gasteiger partial charge in [0.2, 0.25) is 0 Å². The molecule has 5 heteroatoms. The summed E-state index contributed by atoms with van der Waals surface area (Å²) in [6.07, 6.45) is 9.24. The van der Waals surface area contributed by atoms with Crippen molar-refractivity contribution in [3.05, 3.63) is 35.8 Å². The van der Waals surface area contributed by atoms with Crippen LogP contribution in [0.3, 0.4) is 0 Å². The molecule has 102 valence electrons. The minimum Gasteiger partial charge on any atom is -0.459 e. The molecule has 19 heavy (non-hydrogen) atoms. The molecule has 2 N–H and O–H groups in total. The summed E-state index contributed by atoms with van der Waals surface area (Å²) in [5, 5.41) is 4.89. The molecule has 1 aliphatic carbocycles. The molecule has 0 spiro atoms. The molecule has 0 saturated carbocycles. The average Bonchev–Trinajstić information content (AvgIpc) is 2.94. The number of furan rings is 1. The third kappa shape index (κ3) is 4.28. The van der Waals surface area contributed by atoms with E-state index in [0.29, 0.717) is 6.54 Å². The molecule has 2 rings (SSSR count). The SMILES string of the molecule is O=C(NCCC1=CCCCC1)NC(=O)c1ccco1. The highest BCUT2D eigenvalue weighted by Crippen LogP contribution is 2.19. The van der Waals surface area contributed by atoms with Crippen molar-refractivity contribution in [2.24, 2.45) is 0 Å². The quantitative estimate of drug-likeness (QED) is 0.819. The summed E-state index contributed by atoms with van der Waals surface area (Å²) in [6.45, 7) is 0.545. The Labute approximate surface area is 112 Å². The molecule has 1 aliphatic rings. The molecule has 0 unspecified atom stereocenters. The van der Waals surface area contributed by atoms with Crippen LogP contribution in [0.4, 0.5) is 4.79 Å². The molecule has 1 aromatic rings. The fraction of sp³-hybridized carbons (Fsp3) is 0.429. The van der Waals surface area contributed by atoms with Gasteiger partial charge >= 0.3 is 6.03 Å². The van der Waals surface area contributed by atoms with Crippen molar-refractivity contribution in [3.63, 3.8) is 0 Å². The van der Waals surface area contributed by atoms with Gasteiger partial charge in [0.15, 0.2) is 5.76 Å². The second-order valence-corrected chi connectivity index (χ2v) is 4.55. The van der Waals surface area contributed by atoms with Crippen LogP contribution in [0.5, 0.6) is 0 Å². The fourth-order valence-corrected chi connectivity index (χ4v) is 2.08. The van der Waals surface area contributed by atoms with E-state index in [9.17, 15) is 9.59 Å². The molecular formula is C14H18N2O3. The Hall–Kier alpha value is -2.04. The Kier molecular flexibility index (Phi) is 4.78. The Balaban J connectivity index is 1.67. The maximum absolute atomic E-state index is 11.5. The van der Waals surface area contributed by atoms with E-state index >= 15 is 0 Å². The van der Waals surface area contributed by atoms with Gasteiger partial charge < -0.3 is 9.73 Å². The standard InChI is InChI=1S/C14H18N2O3/c17-13(12-7-4-10-19-12)16-14(18)15-9-8-11-5-2-1-3-6-11/h4-5,7,10H,1-3,6,8-9H2,(H2,15,16,17,18). The van der Waals surface area contributed by atoms with Gasteiger partial charge in [0.05, 0.1) is 6.26 Å². The number of hydrogen-bond acceptors (Lipinski definition) is 3. The number of hydrogen-bond donors (Lipinski definition) is 2. The van der Waals surface area contributed by atoms with Crippen LogP contribution >= 0.6 is 0 Å². The molecule has 0 aromatic carbocycles. The van der Waals surface area contributed by atoms with Crippen molar-refractivity contribution in [2.45, 2.75) is 32.1 Å².